The summed E-state index contributed by atoms with van der Waals surface area (Å²) < 4.78 is 2.17. The zero-order chi connectivity index (χ0) is 8.23. The van der Waals surface area contributed by atoms with Crippen LogP contribution in [0.4, 0.5) is 0 Å². The molecule has 0 bridgehead atoms. The van der Waals surface area contributed by atoms with Gasteiger partial charge in [-0.05, 0) is 12.1 Å². The normalized spacial score (nSPS) is 10.3. The fraction of sp³-hybridized carbons (Fsp3) is 0.222. The van der Waals surface area contributed by atoms with Gasteiger partial charge < -0.3 is 4.57 Å². The molecule has 0 N–H and O–H groups in total. The van der Waals surface area contributed by atoms with Crippen LogP contribution < -0.4 is 0 Å². The van der Waals surface area contributed by atoms with Crippen molar-refractivity contribution < 1.29 is 0 Å². The minimum atomic E-state index is 1.02. The third kappa shape index (κ3) is 1.74. The molecule has 2 aromatic heterocycles. The van der Waals surface area contributed by atoms with E-state index in [4.69, 9.17) is 0 Å². The molecule has 2 aromatic rings. The lowest BCUT2D eigenvalue weighted by Gasteiger charge is -1.98. The number of hydrogen-bond donors (Lipinski definition) is 0. The van der Waals surface area contributed by atoms with E-state index >= 15 is 0 Å². The Bertz CT molecular complexity index is 276. The van der Waals surface area contributed by atoms with Crippen LogP contribution in [0.5, 0.6) is 0 Å². The van der Waals surface area contributed by atoms with Crippen molar-refractivity contribution in [1.29, 1.82) is 0 Å². The van der Waals surface area contributed by atoms with Crippen molar-refractivity contribution in [3.05, 3.63) is 41.1 Å². The van der Waals surface area contributed by atoms with E-state index in [1.54, 1.807) is 11.3 Å². The van der Waals surface area contributed by atoms with E-state index in [9.17, 15) is 0 Å². The molecule has 0 radical (unpaired) electrons. The molecule has 62 valence electrons. The van der Waals surface area contributed by atoms with Gasteiger partial charge in [0.05, 0.1) is 11.2 Å². The molecule has 2 rings (SSSR count). The van der Waals surface area contributed by atoms with Crippen molar-refractivity contribution in [2.24, 2.45) is 0 Å². The summed E-state index contributed by atoms with van der Waals surface area (Å²) in [5, 5.41) is 2.10. The standard InChI is InChI=1S/C9H10N2S/c1-2-5-11(4-1)6-3-9-7-12-8-10-9/h1-2,4-5,7-8H,3,6H2. The summed E-state index contributed by atoms with van der Waals surface area (Å²) in [4.78, 5) is 4.22. The molecule has 12 heavy (non-hydrogen) atoms. The SMILES string of the molecule is c1ccn(CCc2cscn2)c1. The van der Waals surface area contributed by atoms with Crippen LogP contribution in [0.3, 0.4) is 0 Å². The second-order valence-corrected chi connectivity index (χ2v) is 3.37. The zero-order valence-electron chi connectivity index (χ0n) is 6.68. The first kappa shape index (κ1) is 7.55. The Hall–Kier alpha value is -1.09. The Kier molecular flexibility index (Phi) is 2.23. The minimum Gasteiger partial charge on any atom is -0.354 e. The van der Waals surface area contributed by atoms with Crippen LogP contribution in [-0.2, 0) is 13.0 Å². The summed E-state index contributed by atoms with van der Waals surface area (Å²) in [6, 6.07) is 4.09. The van der Waals surface area contributed by atoms with E-state index in [2.05, 4.69) is 27.3 Å². The Labute approximate surface area is 75.5 Å². The largest absolute Gasteiger partial charge is 0.354 e. The van der Waals surface area contributed by atoms with Gasteiger partial charge >= 0.3 is 0 Å². The van der Waals surface area contributed by atoms with Crippen LogP contribution in [-0.4, -0.2) is 9.55 Å². The second-order valence-electron chi connectivity index (χ2n) is 2.65. The Morgan fingerprint density at radius 1 is 1.33 bits per heavy atom. The summed E-state index contributed by atoms with van der Waals surface area (Å²) in [5.74, 6) is 0. The summed E-state index contributed by atoms with van der Waals surface area (Å²) in [6.07, 6.45) is 5.18. The summed E-state index contributed by atoms with van der Waals surface area (Å²) in [7, 11) is 0. The van der Waals surface area contributed by atoms with Crippen LogP contribution >= 0.6 is 11.3 Å². The highest BCUT2D eigenvalue weighted by atomic mass is 32.1. The fourth-order valence-corrected chi connectivity index (χ4v) is 1.72. The van der Waals surface area contributed by atoms with Crippen molar-refractivity contribution in [3.63, 3.8) is 0 Å². The van der Waals surface area contributed by atoms with Gasteiger partial charge in [-0.3, -0.25) is 0 Å². The van der Waals surface area contributed by atoms with Gasteiger partial charge in [0.25, 0.3) is 0 Å². The van der Waals surface area contributed by atoms with Crippen molar-refractivity contribution in [1.82, 2.24) is 9.55 Å². The number of thiazole rings is 1. The van der Waals surface area contributed by atoms with E-state index < -0.39 is 0 Å². The highest BCUT2D eigenvalue weighted by Crippen LogP contribution is 2.03. The first-order valence-corrected chi connectivity index (χ1v) is 4.87. The smallest absolute Gasteiger partial charge is 0.0794 e. The number of aryl methyl sites for hydroxylation is 2. The molecule has 0 saturated heterocycles. The second kappa shape index (κ2) is 3.54. The van der Waals surface area contributed by atoms with Crippen molar-refractivity contribution in [2.75, 3.05) is 0 Å². The van der Waals surface area contributed by atoms with Crippen molar-refractivity contribution in [2.45, 2.75) is 13.0 Å². The molecule has 0 amide bonds. The maximum Gasteiger partial charge on any atom is 0.0794 e. The fourth-order valence-electron chi connectivity index (χ4n) is 1.12. The molecule has 0 atom stereocenters. The quantitative estimate of drug-likeness (QED) is 0.704. The molecular weight excluding hydrogens is 168 g/mol. The Balaban J connectivity index is 1.91. The molecule has 0 aliphatic heterocycles. The topological polar surface area (TPSA) is 17.8 Å². The molecule has 0 aromatic carbocycles. The average molecular weight is 178 g/mol. The maximum absolute atomic E-state index is 4.22. The van der Waals surface area contributed by atoms with E-state index in [1.165, 1.54) is 5.69 Å². The zero-order valence-corrected chi connectivity index (χ0v) is 7.50. The van der Waals surface area contributed by atoms with Gasteiger partial charge in [0, 0.05) is 30.7 Å². The van der Waals surface area contributed by atoms with Crippen molar-refractivity contribution >= 4 is 11.3 Å². The molecule has 0 aliphatic carbocycles. The predicted molar refractivity (Wildman–Crippen MR) is 50.3 cm³/mol. The van der Waals surface area contributed by atoms with E-state index in [1.807, 2.05) is 17.6 Å². The average Bonchev–Trinajstić information content (AvgIpc) is 2.74. The van der Waals surface area contributed by atoms with Gasteiger partial charge in [-0.25, -0.2) is 4.98 Å². The van der Waals surface area contributed by atoms with Crippen LogP contribution in [0, 0.1) is 0 Å². The summed E-state index contributed by atoms with van der Waals surface area (Å²) in [5.41, 5.74) is 3.07. The van der Waals surface area contributed by atoms with E-state index in [0.717, 1.165) is 13.0 Å². The molecule has 2 nitrogen and oxygen atoms in total. The van der Waals surface area contributed by atoms with Gasteiger partial charge in [0.2, 0.25) is 0 Å². The van der Waals surface area contributed by atoms with Gasteiger partial charge in [-0.1, -0.05) is 0 Å². The first-order valence-electron chi connectivity index (χ1n) is 3.93. The maximum atomic E-state index is 4.22. The van der Waals surface area contributed by atoms with Gasteiger partial charge in [-0.2, -0.15) is 0 Å². The van der Waals surface area contributed by atoms with Crippen LogP contribution in [0.1, 0.15) is 5.69 Å². The first-order chi connectivity index (χ1) is 5.95. The molecule has 2 heterocycles. The number of aromatic nitrogens is 2. The Morgan fingerprint density at radius 3 is 2.83 bits per heavy atom. The third-order valence-electron chi connectivity index (χ3n) is 1.78. The Morgan fingerprint density at radius 2 is 2.17 bits per heavy atom. The van der Waals surface area contributed by atoms with E-state index in [0.29, 0.717) is 0 Å². The molecular formula is C9H10N2S. The van der Waals surface area contributed by atoms with Gasteiger partial charge in [0.1, 0.15) is 0 Å². The highest BCUT2D eigenvalue weighted by Gasteiger charge is 1.94. The third-order valence-corrected chi connectivity index (χ3v) is 2.41. The predicted octanol–water partition coefficient (Wildman–Crippen LogP) is 2.19. The van der Waals surface area contributed by atoms with Gasteiger partial charge in [0.15, 0.2) is 0 Å². The summed E-state index contributed by atoms with van der Waals surface area (Å²) in [6.45, 7) is 1.02. The lowest BCUT2D eigenvalue weighted by molar-refractivity contribution is 0.692. The molecule has 3 heteroatoms. The molecule has 0 spiro atoms. The van der Waals surface area contributed by atoms with Crippen LogP contribution in [0.15, 0.2) is 35.4 Å². The number of rotatable bonds is 3. The molecule has 0 unspecified atom stereocenters. The lowest BCUT2D eigenvalue weighted by atomic mass is 10.3. The number of nitrogens with zero attached hydrogens (tertiary/aromatic N) is 2. The highest BCUT2D eigenvalue weighted by molar-refractivity contribution is 7.07. The molecule has 0 fully saturated rings. The van der Waals surface area contributed by atoms with E-state index in [-0.39, 0.29) is 0 Å². The van der Waals surface area contributed by atoms with Crippen LogP contribution in [0.2, 0.25) is 0 Å². The van der Waals surface area contributed by atoms with Crippen molar-refractivity contribution in [3.8, 4) is 0 Å². The lowest BCUT2D eigenvalue weighted by Crippen LogP contribution is -1.97. The monoisotopic (exact) mass is 178 g/mol. The van der Waals surface area contributed by atoms with Crippen LogP contribution in [0.25, 0.3) is 0 Å². The number of hydrogen-bond acceptors (Lipinski definition) is 2. The molecule has 0 aliphatic rings. The minimum absolute atomic E-state index is 1.02. The molecule has 0 saturated carbocycles. The summed E-state index contributed by atoms with van der Waals surface area (Å²) >= 11 is 1.66. The van der Waals surface area contributed by atoms with Gasteiger partial charge in [-0.15, -0.1) is 11.3 Å².